The standard InChI is InChI=1S/C28H31ClN2O4S/c1-35-21-6-8-25-24(17-21)23(12-14-30-25)26(32)9-4-19-13-16-31(18-20(19)5-11-28(33)34)15-2-3-22-7-10-27(29)36-22/h6-8,10,12,14,17,19-20,26,32H,4-5,9,11,13,15-16,18H2,1H3,(H,33,34)/t19-,20+,26?/m1/s1. The number of carboxylic acid groups (broad SMARTS) is 1. The molecule has 3 atom stereocenters. The highest BCUT2D eigenvalue weighted by Gasteiger charge is 2.30. The van der Waals surface area contributed by atoms with Crippen molar-refractivity contribution in [1.29, 1.82) is 0 Å². The van der Waals surface area contributed by atoms with Gasteiger partial charge in [0.15, 0.2) is 0 Å². The minimum atomic E-state index is -0.766. The highest BCUT2D eigenvalue weighted by molar-refractivity contribution is 7.16. The zero-order valence-electron chi connectivity index (χ0n) is 20.3. The van der Waals surface area contributed by atoms with Gasteiger partial charge in [0, 0.05) is 24.5 Å². The molecular formula is C28H31ClN2O4S. The monoisotopic (exact) mass is 526 g/mol. The fourth-order valence-electron chi connectivity index (χ4n) is 5.03. The highest BCUT2D eigenvalue weighted by Crippen LogP contribution is 2.35. The Morgan fingerprint density at radius 2 is 2.14 bits per heavy atom. The minimum absolute atomic E-state index is 0.158. The van der Waals surface area contributed by atoms with Gasteiger partial charge in [0.25, 0.3) is 0 Å². The van der Waals surface area contributed by atoms with Crippen molar-refractivity contribution >= 4 is 39.8 Å². The minimum Gasteiger partial charge on any atom is -0.497 e. The van der Waals surface area contributed by atoms with E-state index in [2.05, 4.69) is 21.7 Å². The molecule has 190 valence electrons. The number of aromatic nitrogens is 1. The molecule has 0 amide bonds. The van der Waals surface area contributed by atoms with Crippen LogP contribution in [0.2, 0.25) is 4.34 Å². The summed E-state index contributed by atoms with van der Waals surface area (Å²) in [5.74, 6) is 7.00. The number of rotatable bonds is 9. The van der Waals surface area contributed by atoms with E-state index >= 15 is 0 Å². The summed E-state index contributed by atoms with van der Waals surface area (Å²) >= 11 is 7.45. The fourth-order valence-corrected chi connectivity index (χ4v) is 5.94. The molecule has 1 aliphatic rings. The lowest BCUT2D eigenvalue weighted by Crippen LogP contribution is -2.41. The van der Waals surface area contributed by atoms with Crippen molar-refractivity contribution in [3.8, 4) is 17.6 Å². The molecule has 1 unspecified atom stereocenters. The highest BCUT2D eigenvalue weighted by atomic mass is 35.5. The quantitative estimate of drug-likeness (QED) is 0.352. The molecule has 0 spiro atoms. The van der Waals surface area contributed by atoms with Gasteiger partial charge in [0.05, 0.1) is 34.5 Å². The topological polar surface area (TPSA) is 82.9 Å². The number of aliphatic hydroxyl groups excluding tert-OH is 1. The summed E-state index contributed by atoms with van der Waals surface area (Å²) < 4.78 is 6.09. The van der Waals surface area contributed by atoms with E-state index in [0.29, 0.717) is 25.3 Å². The number of aliphatic carboxylic acids is 1. The molecule has 1 fully saturated rings. The van der Waals surface area contributed by atoms with Gasteiger partial charge in [0.1, 0.15) is 5.75 Å². The van der Waals surface area contributed by atoms with Gasteiger partial charge in [0.2, 0.25) is 0 Å². The van der Waals surface area contributed by atoms with Gasteiger partial charge in [-0.15, -0.1) is 11.3 Å². The number of carboxylic acids is 1. The van der Waals surface area contributed by atoms with Crippen molar-refractivity contribution < 1.29 is 19.7 Å². The van der Waals surface area contributed by atoms with E-state index in [0.717, 1.165) is 57.4 Å². The van der Waals surface area contributed by atoms with Gasteiger partial charge < -0.3 is 14.9 Å². The zero-order valence-corrected chi connectivity index (χ0v) is 21.9. The van der Waals surface area contributed by atoms with Crippen LogP contribution in [0.15, 0.2) is 42.6 Å². The van der Waals surface area contributed by atoms with Gasteiger partial charge in [-0.1, -0.05) is 23.4 Å². The second-order valence-electron chi connectivity index (χ2n) is 9.26. The largest absolute Gasteiger partial charge is 0.497 e. The number of likely N-dealkylation sites (tertiary alicyclic amines) is 1. The summed E-state index contributed by atoms with van der Waals surface area (Å²) in [4.78, 5) is 19.0. The molecule has 1 aromatic carbocycles. The summed E-state index contributed by atoms with van der Waals surface area (Å²) in [6, 6.07) is 11.3. The van der Waals surface area contributed by atoms with Crippen LogP contribution in [0.1, 0.15) is 48.6 Å². The molecular weight excluding hydrogens is 496 g/mol. The number of nitrogens with zero attached hydrogens (tertiary/aromatic N) is 2. The number of hydrogen-bond acceptors (Lipinski definition) is 6. The molecule has 0 aliphatic carbocycles. The van der Waals surface area contributed by atoms with Crippen molar-refractivity contribution in [3.63, 3.8) is 0 Å². The number of fused-ring (bicyclic) bond motifs is 1. The first kappa shape index (κ1) is 26.4. The van der Waals surface area contributed by atoms with Crippen LogP contribution in [0.5, 0.6) is 5.75 Å². The molecule has 1 aliphatic heterocycles. The van der Waals surface area contributed by atoms with Crippen LogP contribution in [0, 0.1) is 23.7 Å². The lowest BCUT2D eigenvalue weighted by molar-refractivity contribution is -0.137. The van der Waals surface area contributed by atoms with Gasteiger partial charge in [-0.05, 0) is 86.0 Å². The summed E-state index contributed by atoms with van der Waals surface area (Å²) in [6.07, 6.45) is 4.32. The van der Waals surface area contributed by atoms with E-state index < -0.39 is 12.1 Å². The van der Waals surface area contributed by atoms with E-state index in [1.165, 1.54) is 11.3 Å². The molecule has 8 heteroatoms. The molecule has 6 nitrogen and oxygen atoms in total. The van der Waals surface area contributed by atoms with Crippen LogP contribution >= 0.6 is 22.9 Å². The fraction of sp³-hybridized carbons (Fsp3) is 0.429. The maximum atomic E-state index is 11.3. The van der Waals surface area contributed by atoms with E-state index in [4.69, 9.17) is 16.3 Å². The Kier molecular flexibility index (Phi) is 9.22. The molecule has 2 N–H and O–H groups in total. The number of benzene rings is 1. The van der Waals surface area contributed by atoms with Gasteiger partial charge in [-0.2, -0.15) is 0 Å². The van der Waals surface area contributed by atoms with Crippen LogP contribution < -0.4 is 4.74 Å². The lowest BCUT2D eigenvalue weighted by Gasteiger charge is -2.38. The summed E-state index contributed by atoms with van der Waals surface area (Å²) in [5, 5.41) is 21.3. The molecule has 0 saturated carbocycles. The lowest BCUT2D eigenvalue weighted by atomic mass is 9.79. The second-order valence-corrected chi connectivity index (χ2v) is 11.0. The predicted octanol–water partition coefficient (Wildman–Crippen LogP) is 5.63. The number of halogens is 1. The molecule has 36 heavy (non-hydrogen) atoms. The molecule has 0 radical (unpaired) electrons. The normalized spacial score (nSPS) is 19.0. The number of hydrogen-bond donors (Lipinski definition) is 2. The molecule has 0 bridgehead atoms. The Labute approximate surface area is 220 Å². The van der Waals surface area contributed by atoms with Crippen LogP contribution in [-0.4, -0.2) is 52.8 Å². The summed E-state index contributed by atoms with van der Waals surface area (Å²) in [7, 11) is 1.63. The van der Waals surface area contributed by atoms with Crippen LogP contribution in [-0.2, 0) is 4.79 Å². The number of pyridine rings is 1. The predicted molar refractivity (Wildman–Crippen MR) is 144 cm³/mol. The van der Waals surface area contributed by atoms with Gasteiger partial charge in [-0.25, -0.2) is 0 Å². The van der Waals surface area contributed by atoms with Crippen molar-refractivity contribution in [2.24, 2.45) is 11.8 Å². The number of aliphatic hydroxyl groups is 1. The van der Waals surface area contributed by atoms with Crippen molar-refractivity contribution in [2.45, 2.75) is 38.2 Å². The van der Waals surface area contributed by atoms with Crippen LogP contribution in [0.4, 0.5) is 0 Å². The Bertz CT molecular complexity index is 1250. The first-order chi connectivity index (χ1) is 17.4. The average Bonchev–Trinajstić information content (AvgIpc) is 3.30. The van der Waals surface area contributed by atoms with Crippen LogP contribution in [0.3, 0.4) is 0 Å². The molecule has 1 saturated heterocycles. The van der Waals surface area contributed by atoms with E-state index in [9.17, 15) is 15.0 Å². The average molecular weight is 527 g/mol. The number of carbonyl (C=O) groups is 1. The third-order valence-electron chi connectivity index (χ3n) is 6.94. The van der Waals surface area contributed by atoms with E-state index in [-0.39, 0.29) is 12.3 Å². The SMILES string of the molecule is COc1ccc2nccc(C(O)CC[C@@H]3CCN(CC#Cc4ccc(Cl)s4)C[C@@H]3CCC(=O)O)c2c1. The zero-order chi connectivity index (χ0) is 25.5. The van der Waals surface area contributed by atoms with Gasteiger partial charge >= 0.3 is 5.97 Å². The van der Waals surface area contributed by atoms with Crippen molar-refractivity contribution in [1.82, 2.24) is 9.88 Å². The number of piperidine rings is 1. The smallest absolute Gasteiger partial charge is 0.303 e. The first-order valence-corrected chi connectivity index (χ1v) is 13.4. The molecule has 4 rings (SSSR count). The maximum absolute atomic E-state index is 11.3. The molecule has 3 aromatic rings. The Morgan fingerprint density at radius 1 is 1.28 bits per heavy atom. The number of thiophene rings is 1. The summed E-state index contributed by atoms with van der Waals surface area (Å²) in [5.41, 5.74) is 1.67. The van der Waals surface area contributed by atoms with Crippen molar-refractivity contribution in [3.05, 3.63) is 57.4 Å². The second kappa shape index (κ2) is 12.6. The molecule has 2 aromatic heterocycles. The van der Waals surface area contributed by atoms with Gasteiger partial charge in [-0.3, -0.25) is 14.7 Å². The third-order valence-corrected chi connectivity index (χ3v) is 8.09. The van der Waals surface area contributed by atoms with E-state index in [1.807, 2.05) is 36.4 Å². The third kappa shape index (κ3) is 6.98. The first-order valence-electron chi connectivity index (χ1n) is 12.2. The van der Waals surface area contributed by atoms with Crippen LogP contribution in [0.25, 0.3) is 10.9 Å². The Morgan fingerprint density at radius 3 is 2.89 bits per heavy atom. The Balaban J connectivity index is 1.39. The Hall–Kier alpha value is -2.63. The van der Waals surface area contributed by atoms with E-state index in [1.54, 1.807) is 13.3 Å². The molecule has 3 heterocycles. The number of ether oxygens (including phenoxy) is 1. The number of methoxy groups -OCH3 is 1. The van der Waals surface area contributed by atoms with Crippen molar-refractivity contribution in [2.75, 3.05) is 26.7 Å². The summed E-state index contributed by atoms with van der Waals surface area (Å²) in [6.45, 7) is 2.39. The maximum Gasteiger partial charge on any atom is 0.303 e.